The largest absolute Gasteiger partial charge is 0.444 e. The van der Waals surface area contributed by atoms with Crippen LogP contribution in [0, 0.1) is 33.0 Å². The number of aromatic nitrogens is 4. The van der Waals surface area contributed by atoms with Crippen LogP contribution in [0.3, 0.4) is 0 Å². The molecule has 0 spiro atoms. The molecule has 0 radical (unpaired) electrons. The van der Waals surface area contributed by atoms with E-state index in [1.165, 1.54) is 29.1 Å². The summed E-state index contributed by atoms with van der Waals surface area (Å²) in [4.78, 5) is 77.6. The molecule has 1 aliphatic heterocycles. The van der Waals surface area contributed by atoms with Crippen LogP contribution < -0.4 is 16.0 Å². The average molecular weight is 723 g/mol. The summed E-state index contributed by atoms with van der Waals surface area (Å²) in [6.07, 6.45) is 1.08. The van der Waals surface area contributed by atoms with Crippen LogP contribution in [0.2, 0.25) is 0 Å². The minimum atomic E-state index is -1.22. The van der Waals surface area contributed by atoms with E-state index >= 15 is 4.39 Å². The molecule has 5 rings (SSSR count). The predicted octanol–water partition coefficient (Wildman–Crippen LogP) is 4.13. The lowest BCUT2D eigenvalue weighted by Crippen LogP contribution is -2.56. The minimum Gasteiger partial charge on any atom is -0.444 e. The van der Waals surface area contributed by atoms with Crippen molar-refractivity contribution in [3.63, 3.8) is 0 Å². The molecule has 0 unspecified atom stereocenters. The number of rotatable bonds is 9. The third kappa shape index (κ3) is 6.68. The van der Waals surface area contributed by atoms with Gasteiger partial charge in [0.1, 0.15) is 23.1 Å². The van der Waals surface area contributed by atoms with Crippen molar-refractivity contribution >= 4 is 34.1 Å². The summed E-state index contributed by atoms with van der Waals surface area (Å²) < 4.78 is 22.7. The third-order valence-electron chi connectivity index (χ3n) is 8.79. The van der Waals surface area contributed by atoms with Crippen molar-refractivity contribution < 1.29 is 28.9 Å². The van der Waals surface area contributed by atoms with E-state index in [2.05, 4.69) is 9.97 Å². The monoisotopic (exact) mass is 722 g/mol. The molecule has 1 atom stereocenters. The van der Waals surface area contributed by atoms with E-state index in [0.717, 1.165) is 27.3 Å². The number of aliphatic hydroxyl groups is 1. The van der Waals surface area contributed by atoms with Gasteiger partial charge in [-0.2, -0.15) is 0 Å². The molecular formula is C34H39FN8O9. The Bertz CT molecular complexity index is 2190. The second-order valence-electron chi connectivity index (χ2n) is 13.3. The number of ether oxygens (including phenoxy) is 1. The van der Waals surface area contributed by atoms with Gasteiger partial charge in [-0.05, 0) is 59.1 Å². The number of hydrogen-bond acceptors (Lipinski definition) is 12. The van der Waals surface area contributed by atoms with Crippen molar-refractivity contribution in [2.45, 2.75) is 72.4 Å². The molecule has 1 aromatic carbocycles. The van der Waals surface area contributed by atoms with Crippen LogP contribution in [0.15, 0.2) is 40.2 Å². The van der Waals surface area contributed by atoms with Gasteiger partial charge in [0.2, 0.25) is 0 Å². The highest BCUT2D eigenvalue weighted by Gasteiger charge is 2.40. The molecule has 1 fully saturated rings. The molecule has 18 heteroatoms. The van der Waals surface area contributed by atoms with Crippen molar-refractivity contribution in [1.82, 2.24) is 24.0 Å². The number of carbonyl (C=O) groups excluding carboxylic acids is 1. The lowest BCUT2D eigenvalue weighted by Gasteiger charge is -2.42. The second kappa shape index (κ2) is 14.5. The number of amides is 1. The number of nitro groups is 2. The van der Waals surface area contributed by atoms with Gasteiger partial charge in [-0.1, -0.05) is 19.9 Å². The van der Waals surface area contributed by atoms with Crippen molar-refractivity contribution in [1.29, 1.82) is 0 Å². The first-order valence-electron chi connectivity index (χ1n) is 16.7. The third-order valence-corrected chi connectivity index (χ3v) is 8.79. The Labute approximate surface area is 296 Å². The fourth-order valence-electron chi connectivity index (χ4n) is 6.65. The van der Waals surface area contributed by atoms with E-state index < -0.39 is 73.7 Å². The van der Waals surface area contributed by atoms with E-state index in [1.54, 1.807) is 34.6 Å². The van der Waals surface area contributed by atoms with Gasteiger partial charge in [-0.25, -0.2) is 19.2 Å². The Hall–Kier alpha value is -5.78. The second-order valence-corrected chi connectivity index (χ2v) is 13.3. The summed E-state index contributed by atoms with van der Waals surface area (Å²) in [6, 6.07) is 3.64. The molecule has 1 N–H and O–H groups in total. The summed E-state index contributed by atoms with van der Waals surface area (Å²) in [6.45, 7) is 9.44. The molecule has 4 aromatic rings. The Kier molecular flexibility index (Phi) is 10.4. The first kappa shape index (κ1) is 37.5. The van der Waals surface area contributed by atoms with Crippen LogP contribution in [-0.4, -0.2) is 82.9 Å². The first-order valence-corrected chi connectivity index (χ1v) is 16.7. The molecule has 0 saturated carbocycles. The van der Waals surface area contributed by atoms with Crippen molar-refractivity contribution in [2.24, 2.45) is 0 Å². The fourth-order valence-corrected chi connectivity index (χ4v) is 6.65. The smallest absolute Gasteiger partial charge is 0.410 e. The van der Waals surface area contributed by atoms with E-state index in [9.17, 15) is 39.7 Å². The van der Waals surface area contributed by atoms with Gasteiger partial charge >= 0.3 is 17.3 Å². The number of benzene rings is 1. The van der Waals surface area contributed by atoms with Gasteiger partial charge in [-0.3, -0.25) is 39.0 Å². The number of nitrogens with zero attached hydrogens (tertiary/aromatic N) is 8. The number of halogens is 1. The van der Waals surface area contributed by atoms with Gasteiger partial charge in [-0.15, -0.1) is 0 Å². The topological polar surface area (TPSA) is 209 Å². The number of anilines is 1. The molecule has 0 aliphatic carbocycles. The van der Waals surface area contributed by atoms with Crippen LogP contribution in [0.1, 0.15) is 58.1 Å². The maximum absolute atomic E-state index is 15.6. The Morgan fingerprint density at radius 1 is 1.00 bits per heavy atom. The van der Waals surface area contributed by atoms with Gasteiger partial charge < -0.3 is 19.6 Å². The van der Waals surface area contributed by atoms with Crippen molar-refractivity contribution in [3.05, 3.63) is 94.4 Å². The molecule has 0 bridgehead atoms. The summed E-state index contributed by atoms with van der Waals surface area (Å²) in [5.74, 6) is -1.09. The Balaban J connectivity index is 1.95. The summed E-state index contributed by atoms with van der Waals surface area (Å²) >= 11 is 0. The molecule has 17 nitrogen and oxygen atoms in total. The molecule has 276 valence electrons. The zero-order valence-corrected chi connectivity index (χ0v) is 29.6. The average Bonchev–Trinajstić information content (AvgIpc) is 3.07. The molecule has 52 heavy (non-hydrogen) atoms. The van der Waals surface area contributed by atoms with E-state index in [4.69, 9.17) is 4.74 Å². The van der Waals surface area contributed by atoms with Crippen molar-refractivity contribution in [3.8, 4) is 11.4 Å². The number of nitro benzene ring substituents is 1. The normalized spacial score (nSPS) is 14.9. The number of para-hydroxylation sites is 1. The Morgan fingerprint density at radius 3 is 2.21 bits per heavy atom. The van der Waals surface area contributed by atoms with Crippen LogP contribution >= 0.6 is 0 Å². The van der Waals surface area contributed by atoms with Crippen LogP contribution in [-0.2, 0) is 17.6 Å². The van der Waals surface area contributed by atoms with Crippen molar-refractivity contribution in [2.75, 3.05) is 31.1 Å². The van der Waals surface area contributed by atoms with Gasteiger partial charge in [0.25, 0.3) is 11.2 Å². The predicted molar refractivity (Wildman–Crippen MR) is 188 cm³/mol. The molecule has 3 aromatic heterocycles. The summed E-state index contributed by atoms with van der Waals surface area (Å²) in [5.41, 5.74) is -5.57. The van der Waals surface area contributed by atoms with Gasteiger partial charge in [0, 0.05) is 49.4 Å². The number of hydrogen-bond donors (Lipinski definition) is 1. The van der Waals surface area contributed by atoms with Gasteiger partial charge in [0.15, 0.2) is 11.5 Å². The highest BCUT2D eigenvalue weighted by Crippen LogP contribution is 2.38. The molecular weight excluding hydrogens is 683 g/mol. The van der Waals surface area contributed by atoms with Crippen LogP contribution in [0.4, 0.5) is 26.2 Å². The fraction of sp³-hybridized carbons (Fsp3) is 0.441. The highest BCUT2D eigenvalue weighted by molar-refractivity contribution is 5.98. The maximum atomic E-state index is 15.6. The highest BCUT2D eigenvalue weighted by atomic mass is 19.1. The molecule has 4 heterocycles. The number of aryl methyl sites for hydroxylation is 3. The van der Waals surface area contributed by atoms with E-state index in [1.807, 2.05) is 0 Å². The van der Waals surface area contributed by atoms with E-state index in [0.29, 0.717) is 0 Å². The number of pyridine rings is 2. The number of carbonyl (C=O) groups is 1. The molecule has 1 aliphatic rings. The lowest BCUT2D eigenvalue weighted by molar-refractivity contribution is -0.385. The molecule has 1 saturated heterocycles. The van der Waals surface area contributed by atoms with Gasteiger partial charge in [0.05, 0.1) is 26.9 Å². The Morgan fingerprint density at radius 2 is 1.65 bits per heavy atom. The standard InChI is InChI=1S/C34H39FN8O9/c1-7-23-29(24(8-2)37-18-36-23)41-27-21(16-19(3)40(31(27)45)28-22(35)10-9-11-25(28)42(48)49)26(30(32(41)46)43(50)51)39-14-13-38(17-20(39)12-15-44)33(47)52-34(4,5)6/h9-11,16,18,20,44H,7-8,12-15,17H2,1-6H3/t20-/m0/s1. The number of piperazine rings is 1. The number of fused-ring (bicyclic) bond motifs is 1. The lowest BCUT2D eigenvalue weighted by atomic mass is 10.0. The van der Waals surface area contributed by atoms with Crippen LogP contribution in [0.5, 0.6) is 0 Å². The maximum Gasteiger partial charge on any atom is 0.410 e. The first-order chi connectivity index (χ1) is 24.6. The zero-order chi connectivity index (χ0) is 38.2. The zero-order valence-electron chi connectivity index (χ0n) is 29.6. The summed E-state index contributed by atoms with van der Waals surface area (Å²) in [7, 11) is 0. The van der Waals surface area contributed by atoms with E-state index in [-0.39, 0.29) is 72.7 Å². The molecule has 1 amide bonds. The van der Waals surface area contributed by atoms with Crippen LogP contribution in [0.25, 0.3) is 22.3 Å². The summed E-state index contributed by atoms with van der Waals surface area (Å²) in [5, 5.41) is 35.1. The quantitative estimate of drug-likeness (QED) is 0.191. The number of aliphatic hydroxyl groups excluding tert-OH is 1. The SMILES string of the molecule is CCc1ncnc(CC)c1-n1c(=O)c([N+](=O)[O-])c(N2CCN(C(=O)OC(C)(C)C)C[C@@H]2CCO)c2cc(C)n(-c3c(F)cccc3[N+](=O)[O-])c(=O)c21. The minimum absolute atomic E-state index is 0.00251.